The number of rotatable bonds is 5. The van der Waals surface area contributed by atoms with Gasteiger partial charge in [-0.15, -0.1) is 0 Å². The molecule has 1 aromatic rings. The Bertz CT molecular complexity index is 368. The quantitative estimate of drug-likeness (QED) is 0.822. The van der Waals surface area contributed by atoms with Gasteiger partial charge in [-0.25, -0.2) is 0 Å². The fourth-order valence-corrected chi connectivity index (χ4v) is 1.63. The first-order valence-electron chi connectivity index (χ1n) is 6.15. The highest BCUT2D eigenvalue weighted by molar-refractivity contribution is 5.97. The number of likely N-dealkylation sites (N-methyl/N-ethyl adjacent to an activating group) is 1. The number of carbonyl (C=O) groups excluding carboxylic acids is 1. The molecule has 1 rings (SSSR count). The van der Waals surface area contributed by atoms with Gasteiger partial charge < -0.3 is 10.6 Å². The van der Waals surface area contributed by atoms with Crippen molar-refractivity contribution >= 4 is 11.6 Å². The smallest absolute Gasteiger partial charge is 0.244 e. The van der Waals surface area contributed by atoms with Gasteiger partial charge in [0.25, 0.3) is 0 Å². The molecule has 0 aliphatic rings. The summed E-state index contributed by atoms with van der Waals surface area (Å²) in [7, 11) is 0. The predicted molar refractivity (Wildman–Crippen MR) is 72.2 cm³/mol. The summed E-state index contributed by atoms with van der Waals surface area (Å²) in [5.74, 6) is -0.0106. The van der Waals surface area contributed by atoms with Crippen molar-refractivity contribution in [2.75, 3.05) is 11.9 Å². The van der Waals surface area contributed by atoms with Crippen molar-refractivity contribution in [1.82, 2.24) is 5.32 Å². The summed E-state index contributed by atoms with van der Waals surface area (Å²) >= 11 is 0. The summed E-state index contributed by atoms with van der Waals surface area (Å²) < 4.78 is 0. The van der Waals surface area contributed by atoms with Crippen molar-refractivity contribution in [2.45, 2.75) is 39.7 Å². The third-order valence-corrected chi connectivity index (χ3v) is 2.81. The molecule has 0 saturated heterocycles. The van der Waals surface area contributed by atoms with Gasteiger partial charge in [-0.05, 0) is 44.5 Å². The van der Waals surface area contributed by atoms with Crippen LogP contribution >= 0.6 is 0 Å². The molecule has 3 heteroatoms. The average molecular weight is 234 g/mol. The maximum Gasteiger partial charge on any atom is 0.244 e. The van der Waals surface area contributed by atoms with E-state index in [9.17, 15) is 4.79 Å². The highest BCUT2D eigenvalue weighted by Crippen LogP contribution is 2.12. The molecule has 1 aromatic carbocycles. The number of aryl methyl sites for hydroxylation is 1. The number of hydrogen-bond acceptors (Lipinski definition) is 2. The lowest BCUT2D eigenvalue weighted by Crippen LogP contribution is -2.49. The van der Waals surface area contributed by atoms with Crippen LogP contribution < -0.4 is 10.6 Å². The predicted octanol–water partition coefficient (Wildman–Crippen LogP) is 2.58. The number of anilines is 1. The number of benzene rings is 1. The zero-order valence-electron chi connectivity index (χ0n) is 11.1. The van der Waals surface area contributed by atoms with Crippen LogP contribution in [0.5, 0.6) is 0 Å². The second-order valence-corrected chi connectivity index (χ2v) is 4.66. The highest BCUT2D eigenvalue weighted by Gasteiger charge is 2.25. The van der Waals surface area contributed by atoms with Crippen molar-refractivity contribution in [3.05, 3.63) is 29.8 Å². The van der Waals surface area contributed by atoms with Gasteiger partial charge in [-0.2, -0.15) is 0 Å². The van der Waals surface area contributed by atoms with E-state index in [1.54, 1.807) is 0 Å². The maximum atomic E-state index is 12.0. The van der Waals surface area contributed by atoms with Crippen LogP contribution in [-0.4, -0.2) is 18.0 Å². The van der Waals surface area contributed by atoms with Crippen molar-refractivity contribution in [1.29, 1.82) is 0 Å². The van der Waals surface area contributed by atoms with Gasteiger partial charge in [0, 0.05) is 5.69 Å². The van der Waals surface area contributed by atoms with E-state index in [4.69, 9.17) is 0 Å². The Morgan fingerprint density at radius 3 is 2.24 bits per heavy atom. The third kappa shape index (κ3) is 3.86. The van der Waals surface area contributed by atoms with E-state index in [0.717, 1.165) is 18.7 Å². The summed E-state index contributed by atoms with van der Waals surface area (Å²) in [6, 6.07) is 7.96. The molecule has 1 amide bonds. The molecule has 0 heterocycles. The average Bonchev–Trinajstić information content (AvgIpc) is 2.30. The van der Waals surface area contributed by atoms with Gasteiger partial charge >= 0.3 is 0 Å². The van der Waals surface area contributed by atoms with Crippen LogP contribution in [0.4, 0.5) is 5.69 Å². The minimum absolute atomic E-state index is 0.0106. The van der Waals surface area contributed by atoms with E-state index >= 15 is 0 Å². The molecular weight excluding hydrogens is 212 g/mol. The lowest BCUT2D eigenvalue weighted by molar-refractivity contribution is -0.121. The molecule has 0 aromatic heterocycles. The molecule has 0 unspecified atom stereocenters. The summed E-state index contributed by atoms with van der Waals surface area (Å²) in [5.41, 5.74) is 1.57. The molecule has 0 aliphatic carbocycles. The van der Waals surface area contributed by atoms with Crippen LogP contribution in [0.3, 0.4) is 0 Å². The molecular formula is C14H22N2O. The molecule has 0 spiro atoms. The zero-order valence-corrected chi connectivity index (χ0v) is 11.1. The third-order valence-electron chi connectivity index (χ3n) is 2.81. The summed E-state index contributed by atoms with van der Waals surface area (Å²) in [5, 5.41) is 6.07. The van der Waals surface area contributed by atoms with Gasteiger partial charge in [0.15, 0.2) is 0 Å². The van der Waals surface area contributed by atoms with E-state index in [2.05, 4.69) is 17.6 Å². The Kier molecular flexibility index (Phi) is 4.70. The molecule has 3 nitrogen and oxygen atoms in total. The molecule has 2 N–H and O–H groups in total. The van der Waals surface area contributed by atoms with E-state index in [0.29, 0.717) is 0 Å². The molecule has 0 fully saturated rings. The summed E-state index contributed by atoms with van der Waals surface area (Å²) in [6.45, 7) is 8.64. The topological polar surface area (TPSA) is 41.1 Å². The largest absolute Gasteiger partial charge is 0.325 e. The molecule has 0 bridgehead atoms. The first-order valence-corrected chi connectivity index (χ1v) is 6.15. The Labute approximate surface area is 104 Å². The minimum atomic E-state index is -0.543. The molecule has 17 heavy (non-hydrogen) atoms. The van der Waals surface area contributed by atoms with Crippen molar-refractivity contribution in [2.24, 2.45) is 0 Å². The second kappa shape index (κ2) is 5.82. The lowest BCUT2D eigenvalue weighted by atomic mass is 10.0. The minimum Gasteiger partial charge on any atom is -0.325 e. The SMILES string of the molecule is CCNC(C)(C)C(=O)Nc1ccc(CC)cc1. The fourth-order valence-electron chi connectivity index (χ4n) is 1.63. The monoisotopic (exact) mass is 234 g/mol. The van der Waals surface area contributed by atoms with Crippen LogP contribution in [0.1, 0.15) is 33.3 Å². The van der Waals surface area contributed by atoms with Gasteiger partial charge in [-0.3, -0.25) is 4.79 Å². The second-order valence-electron chi connectivity index (χ2n) is 4.66. The number of hydrogen-bond donors (Lipinski definition) is 2. The molecule has 0 atom stereocenters. The van der Waals surface area contributed by atoms with Crippen molar-refractivity contribution in [3.8, 4) is 0 Å². The normalized spacial score (nSPS) is 11.3. The van der Waals surface area contributed by atoms with Gasteiger partial charge in [0.05, 0.1) is 5.54 Å². The molecule has 0 radical (unpaired) electrons. The van der Waals surface area contributed by atoms with Crippen LogP contribution in [0.15, 0.2) is 24.3 Å². The van der Waals surface area contributed by atoms with E-state index in [1.807, 2.05) is 45.0 Å². The summed E-state index contributed by atoms with van der Waals surface area (Å²) in [6.07, 6.45) is 1.01. The lowest BCUT2D eigenvalue weighted by Gasteiger charge is -2.24. The zero-order chi connectivity index (χ0) is 12.9. The van der Waals surface area contributed by atoms with Crippen LogP contribution in [0, 0.1) is 0 Å². The fraction of sp³-hybridized carbons (Fsp3) is 0.500. The number of amides is 1. The van der Waals surface area contributed by atoms with Crippen molar-refractivity contribution in [3.63, 3.8) is 0 Å². The van der Waals surface area contributed by atoms with Gasteiger partial charge in [0.1, 0.15) is 0 Å². The van der Waals surface area contributed by atoms with Crippen LogP contribution in [0.2, 0.25) is 0 Å². The number of carbonyl (C=O) groups is 1. The Hall–Kier alpha value is -1.35. The first kappa shape index (κ1) is 13.7. The maximum absolute atomic E-state index is 12.0. The Morgan fingerprint density at radius 2 is 1.76 bits per heavy atom. The van der Waals surface area contributed by atoms with Crippen molar-refractivity contribution < 1.29 is 4.79 Å². The van der Waals surface area contributed by atoms with Gasteiger partial charge in [-0.1, -0.05) is 26.0 Å². The first-order chi connectivity index (χ1) is 7.99. The van der Waals surface area contributed by atoms with Crippen LogP contribution in [-0.2, 0) is 11.2 Å². The van der Waals surface area contributed by atoms with E-state index in [-0.39, 0.29) is 5.91 Å². The molecule has 0 aliphatic heterocycles. The molecule has 0 saturated carbocycles. The number of nitrogens with one attached hydrogen (secondary N) is 2. The Morgan fingerprint density at radius 1 is 1.18 bits per heavy atom. The Balaban J connectivity index is 2.67. The highest BCUT2D eigenvalue weighted by atomic mass is 16.2. The molecule has 94 valence electrons. The standard InChI is InChI=1S/C14H22N2O/c1-5-11-7-9-12(10-8-11)16-13(17)14(3,4)15-6-2/h7-10,15H,5-6H2,1-4H3,(H,16,17). The van der Waals surface area contributed by atoms with Gasteiger partial charge in [0.2, 0.25) is 5.91 Å². The van der Waals surface area contributed by atoms with Crippen LogP contribution in [0.25, 0.3) is 0 Å². The van der Waals surface area contributed by atoms with E-state index < -0.39 is 5.54 Å². The summed E-state index contributed by atoms with van der Waals surface area (Å²) in [4.78, 5) is 12.0. The van der Waals surface area contributed by atoms with E-state index in [1.165, 1.54) is 5.56 Å².